The Morgan fingerprint density at radius 1 is 1.48 bits per heavy atom. The second kappa shape index (κ2) is 6.41. The van der Waals surface area contributed by atoms with Gasteiger partial charge in [0.25, 0.3) is 0 Å². The number of carbonyl (C=O) groups is 1. The van der Waals surface area contributed by atoms with Crippen LogP contribution in [-0.2, 0) is 19.6 Å². The van der Waals surface area contributed by atoms with Gasteiger partial charge in [0.15, 0.2) is 0 Å². The number of ether oxygens (including phenoxy) is 1. The Labute approximate surface area is 131 Å². The zero-order valence-electron chi connectivity index (χ0n) is 11.4. The Hall–Kier alpha value is -0.990. The third-order valence-corrected chi connectivity index (χ3v) is 5.95. The highest BCUT2D eigenvalue weighted by atomic mass is 79.9. The Morgan fingerprint density at radius 2 is 2.19 bits per heavy atom. The zero-order valence-corrected chi connectivity index (χ0v) is 13.8. The molecule has 1 fully saturated rings. The molecule has 5 nitrogen and oxygen atoms in total. The van der Waals surface area contributed by atoms with Gasteiger partial charge in [0.1, 0.15) is 5.82 Å². The number of hydrogen-bond acceptors (Lipinski definition) is 4. The van der Waals surface area contributed by atoms with Crippen molar-refractivity contribution in [2.45, 2.75) is 17.7 Å². The second-order valence-electron chi connectivity index (χ2n) is 4.80. The molecule has 0 N–H and O–H groups in total. The van der Waals surface area contributed by atoms with Crippen molar-refractivity contribution in [1.29, 1.82) is 0 Å². The SMILES string of the molecule is COC(=O)[C@H]1CCCN(S(=O)(=O)c2ccc(Br)c(F)c2)C1. The zero-order chi connectivity index (χ0) is 15.6. The molecule has 1 saturated heterocycles. The van der Waals surface area contributed by atoms with E-state index in [0.717, 1.165) is 6.07 Å². The smallest absolute Gasteiger partial charge is 0.309 e. The molecule has 116 valence electrons. The Balaban J connectivity index is 2.26. The average molecular weight is 380 g/mol. The monoisotopic (exact) mass is 379 g/mol. The Morgan fingerprint density at radius 3 is 2.81 bits per heavy atom. The van der Waals surface area contributed by atoms with E-state index >= 15 is 0 Å². The molecular formula is C13H15BrFNO4S. The van der Waals surface area contributed by atoms with Crippen LogP contribution in [0.3, 0.4) is 0 Å². The highest BCUT2D eigenvalue weighted by Gasteiger charge is 2.34. The van der Waals surface area contributed by atoms with Crippen LogP contribution >= 0.6 is 15.9 Å². The normalized spacial score (nSPS) is 20.2. The molecule has 1 aliphatic heterocycles. The van der Waals surface area contributed by atoms with Crippen LogP contribution in [0.25, 0.3) is 0 Å². The number of benzene rings is 1. The summed E-state index contributed by atoms with van der Waals surface area (Å²) >= 11 is 2.99. The number of piperidine rings is 1. The largest absolute Gasteiger partial charge is 0.469 e. The lowest BCUT2D eigenvalue weighted by Gasteiger charge is -2.30. The van der Waals surface area contributed by atoms with Crippen LogP contribution in [0.15, 0.2) is 27.6 Å². The van der Waals surface area contributed by atoms with Gasteiger partial charge in [-0.15, -0.1) is 0 Å². The van der Waals surface area contributed by atoms with E-state index in [1.54, 1.807) is 0 Å². The van der Waals surface area contributed by atoms with Crippen molar-refractivity contribution in [2.75, 3.05) is 20.2 Å². The van der Waals surface area contributed by atoms with E-state index in [1.165, 1.54) is 23.5 Å². The summed E-state index contributed by atoms with van der Waals surface area (Å²) in [6.07, 6.45) is 1.16. The maximum Gasteiger partial charge on any atom is 0.309 e. The average Bonchev–Trinajstić information content (AvgIpc) is 2.49. The van der Waals surface area contributed by atoms with Crippen LogP contribution in [-0.4, -0.2) is 38.9 Å². The molecule has 8 heteroatoms. The third kappa shape index (κ3) is 3.44. The van der Waals surface area contributed by atoms with Gasteiger partial charge in [0.05, 0.1) is 22.4 Å². The molecule has 1 heterocycles. The number of halogens is 2. The first-order chi connectivity index (χ1) is 9.86. The summed E-state index contributed by atoms with van der Waals surface area (Å²) in [5, 5.41) is 0. The summed E-state index contributed by atoms with van der Waals surface area (Å²) in [4.78, 5) is 11.4. The standard InChI is InChI=1S/C13H15BrFNO4S/c1-20-13(17)9-3-2-6-16(8-9)21(18,19)10-4-5-11(14)12(15)7-10/h4-5,7,9H,2-3,6,8H2,1H3/t9-/m0/s1. The first-order valence-corrected chi connectivity index (χ1v) is 8.62. The van der Waals surface area contributed by atoms with Gasteiger partial charge in [-0.25, -0.2) is 12.8 Å². The molecular weight excluding hydrogens is 365 g/mol. The fourth-order valence-corrected chi connectivity index (χ4v) is 4.09. The van der Waals surface area contributed by atoms with Gasteiger partial charge < -0.3 is 4.74 Å². The van der Waals surface area contributed by atoms with Crippen molar-refractivity contribution in [3.05, 3.63) is 28.5 Å². The fraction of sp³-hybridized carbons (Fsp3) is 0.462. The lowest BCUT2D eigenvalue weighted by molar-refractivity contribution is -0.146. The van der Waals surface area contributed by atoms with Gasteiger partial charge in [0, 0.05) is 13.1 Å². The molecule has 1 atom stereocenters. The van der Waals surface area contributed by atoms with E-state index in [4.69, 9.17) is 0 Å². The van der Waals surface area contributed by atoms with Crippen LogP contribution in [0, 0.1) is 11.7 Å². The van der Waals surface area contributed by atoms with Crippen molar-refractivity contribution < 1.29 is 22.3 Å². The Kier molecular flexibility index (Phi) is 5.00. The Bertz CT molecular complexity index is 650. The van der Waals surface area contributed by atoms with E-state index in [-0.39, 0.29) is 15.9 Å². The van der Waals surface area contributed by atoms with Crippen molar-refractivity contribution >= 4 is 31.9 Å². The predicted molar refractivity (Wildman–Crippen MR) is 77.6 cm³/mol. The number of rotatable bonds is 3. The minimum Gasteiger partial charge on any atom is -0.469 e. The first kappa shape index (κ1) is 16.4. The highest BCUT2D eigenvalue weighted by Crippen LogP contribution is 2.26. The van der Waals surface area contributed by atoms with Gasteiger partial charge >= 0.3 is 5.97 Å². The van der Waals surface area contributed by atoms with Crippen molar-refractivity contribution in [2.24, 2.45) is 5.92 Å². The van der Waals surface area contributed by atoms with Crippen LogP contribution in [0.4, 0.5) is 4.39 Å². The molecule has 0 radical (unpaired) electrons. The molecule has 0 unspecified atom stereocenters. The molecule has 0 spiro atoms. The summed E-state index contributed by atoms with van der Waals surface area (Å²) in [6, 6.07) is 3.66. The molecule has 0 saturated carbocycles. The molecule has 2 rings (SSSR count). The lowest BCUT2D eigenvalue weighted by Crippen LogP contribution is -2.42. The molecule has 1 aromatic carbocycles. The topological polar surface area (TPSA) is 63.7 Å². The summed E-state index contributed by atoms with van der Waals surface area (Å²) in [6.45, 7) is 0.375. The van der Waals surface area contributed by atoms with E-state index in [1.807, 2.05) is 0 Å². The summed E-state index contributed by atoms with van der Waals surface area (Å²) in [7, 11) is -2.53. The van der Waals surface area contributed by atoms with Crippen molar-refractivity contribution in [3.63, 3.8) is 0 Å². The van der Waals surface area contributed by atoms with E-state index in [0.29, 0.717) is 19.4 Å². The van der Waals surface area contributed by atoms with Crippen LogP contribution in [0.2, 0.25) is 0 Å². The number of esters is 1. The minimum absolute atomic E-state index is 0.0622. The van der Waals surface area contributed by atoms with Gasteiger partial charge in [-0.05, 0) is 47.0 Å². The van der Waals surface area contributed by atoms with Crippen molar-refractivity contribution in [3.8, 4) is 0 Å². The number of sulfonamides is 1. The number of hydrogen-bond donors (Lipinski definition) is 0. The fourth-order valence-electron chi connectivity index (χ4n) is 2.31. The number of nitrogens with zero attached hydrogens (tertiary/aromatic N) is 1. The molecule has 21 heavy (non-hydrogen) atoms. The van der Waals surface area contributed by atoms with Gasteiger partial charge in [0.2, 0.25) is 10.0 Å². The van der Waals surface area contributed by atoms with E-state index < -0.39 is 27.7 Å². The maximum atomic E-state index is 13.5. The molecule has 0 aliphatic carbocycles. The van der Waals surface area contributed by atoms with E-state index in [9.17, 15) is 17.6 Å². The third-order valence-electron chi connectivity index (χ3n) is 3.45. The minimum atomic E-state index is -3.81. The predicted octanol–water partition coefficient (Wildman–Crippen LogP) is 2.16. The van der Waals surface area contributed by atoms with Gasteiger partial charge in [-0.1, -0.05) is 0 Å². The number of methoxy groups -OCH3 is 1. The maximum absolute atomic E-state index is 13.5. The summed E-state index contributed by atoms with van der Waals surface area (Å²) < 4.78 is 44.6. The second-order valence-corrected chi connectivity index (χ2v) is 7.59. The van der Waals surface area contributed by atoms with E-state index in [2.05, 4.69) is 20.7 Å². The quantitative estimate of drug-likeness (QED) is 0.754. The summed E-state index contributed by atoms with van der Waals surface area (Å²) in [5.74, 6) is -1.53. The van der Waals surface area contributed by atoms with Crippen LogP contribution in [0.5, 0.6) is 0 Å². The summed E-state index contributed by atoms with van der Waals surface area (Å²) in [5.41, 5.74) is 0. The highest BCUT2D eigenvalue weighted by molar-refractivity contribution is 9.10. The molecule has 1 aromatic rings. The van der Waals surface area contributed by atoms with Crippen LogP contribution in [0.1, 0.15) is 12.8 Å². The lowest BCUT2D eigenvalue weighted by atomic mass is 10.0. The van der Waals surface area contributed by atoms with Crippen LogP contribution < -0.4 is 0 Å². The van der Waals surface area contributed by atoms with Gasteiger partial charge in [-0.2, -0.15) is 4.31 Å². The first-order valence-electron chi connectivity index (χ1n) is 6.39. The molecule has 1 aliphatic rings. The van der Waals surface area contributed by atoms with Crippen molar-refractivity contribution in [1.82, 2.24) is 4.31 Å². The molecule has 0 amide bonds. The number of carbonyl (C=O) groups excluding carboxylic acids is 1. The van der Waals surface area contributed by atoms with Gasteiger partial charge in [-0.3, -0.25) is 4.79 Å². The molecule has 0 bridgehead atoms. The molecule has 0 aromatic heterocycles.